The van der Waals surface area contributed by atoms with Crippen molar-refractivity contribution in [1.29, 1.82) is 0 Å². The number of hydrogen-bond donors (Lipinski definition) is 0. The van der Waals surface area contributed by atoms with Gasteiger partial charge in [0.2, 0.25) is 5.71 Å². The molecule has 0 unspecified atom stereocenters. The number of nitrogens with zero attached hydrogens (tertiary/aromatic N) is 2. The Morgan fingerprint density at radius 2 is 0.977 bits per heavy atom. The van der Waals surface area contributed by atoms with Crippen molar-refractivity contribution >= 4 is 66.3 Å². The minimum absolute atomic E-state index is 0.870. The Bertz CT molecular complexity index is 2370. The van der Waals surface area contributed by atoms with Gasteiger partial charge in [-0.25, -0.2) is 0 Å². The van der Waals surface area contributed by atoms with Gasteiger partial charge in [-0.1, -0.05) is 115 Å². The molecule has 2 heterocycles. The molecule has 0 aliphatic heterocycles. The molecule has 0 bridgehead atoms. The molecule has 0 aliphatic rings. The zero-order chi connectivity index (χ0) is 28.3. The maximum atomic E-state index is 6.49. The largest absolute Gasteiger partial charge is 0.438 e. The van der Waals surface area contributed by atoms with Crippen LogP contribution in [-0.2, 0) is 0 Å². The molecule has 0 atom stereocenters. The highest BCUT2D eigenvalue weighted by molar-refractivity contribution is 6.08. The fourth-order valence-corrected chi connectivity index (χ4v) is 6.66. The Balaban J connectivity index is 1.27. The zero-order valence-corrected chi connectivity index (χ0v) is 23.3. The third kappa shape index (κ3) is 3.62. The number of benzene rings is 7. The van der Waals surface area contributed by atoms with Gasteiger partial charge in [0.25, 0.3) is 0 Å². The van der Waals surface area contributed by atoms with E-state index in [0.717, 1.165) is 50.5 Å². The van der Waals surface area contributed by atoms with Crippen molar-refractivity contribution in [1.82, 2.24) is 4.40 Å². The molecule has 0 saturated carbocycles. The minimum atomic E-state index is 0.870. The number of anilines is 3. The van der Waals surface area contributed by atoms with Crippen LogP contribution in [0.15, 0.2) is 162 Å². The van der Waals surface area contributed by atoms with E-state index in [1.54, 1.807) is 0 Å². The average Bonchev–Trinajstić information content (AvgIpc) is 3.60. The smallest absolute Gasteiger partial charge is 0.213 e. The van der Waals surface area contributed by atoms with Gasteiger partial charge in [-0.3, -0.25) is 4.40 Å². The van der Waals surface area contributed by atoms with E-state index < -0.39 is 0 Å². The normalized spacial score (nSPS) is 11.7. The van der Waals surface area contributed by atoms with E-state index in [4.69, 9.17) is 4.42 Å². The number of hydrogen-bond acceptors (Lipinski definition) is 2. The van der Waals surface area contributed by atoms with Crippen LogP contribution < -0.4 is 4.90 Å². The van der Waals surface area contributed by atoms with Crippen LogP contribution in [-0.4, -0.2) is 4.40 Å². The zero-order valence-electron chi connectivity index (χ0n) is 23.3. The lowest BCUT2D eigenvalue weighted by molar-refractivity contribution is 0.658. The molecule has 9 aromatic rings. The summed E-state index contributed by atoms with van der Waals surface area (Å²) in [4.78, 5) is 2.39. The van der Waals surface area contributed by atoms with E-state index in [0.29, 0.717) is 0 Å². The third-order valence-electron chi connectivity index (χ3n) is 8.57. The van der Waals surface area contributed by atoms with Crippen LogP contribution in [0.5, 0.6) is 0 Å². The molecule has 9 rings (SSSR count). The van der Waals surface area contributed by atoms with Gasteiger partial charge in [-0.2, -0.15) is 0 Å². The van der Waals surface area contributed by atoms with Gasteiger partial charge in [-0.15, -0.1) is 0 Å². The van der Waals surface area contributed by atoms with Crippen LogP contribution in [0.1, 0.15) is 0 Å². The Labute approximate surface area is 248 Å². The summed E-state index contributed by atoms with van der Waals surface area (Å²) in [6.07, 6.45) is 0. The van der Waals surface area contributed by atoms with Crippen LogP contribution in [0.3, 0.4) is 0 Å². The predicted octanol–water partition coefficient (Wildman–Crippen LogP) is 11.3. The van der Waals surface area contributed by atoms with Gasteiger partial charge in [0.15, 0.2) is 5.58 Å². The number of aromatic nitrogens is 1. The van der Waals surface area contributed by atoms with Gasteiger partial charge in [0.05, 0.1) is 28.0 Å². The molecule has 202 valence electrons. The number of rotatable bonds is 4. The van der Waals surface area contributed by atoms with E-state index in [9.17, 15) is 0 Å². The molecule has 3 nitrogen and oxygen atoms in total. The molecular formula is C40H26N2O. The average molecular weight is 551 g/mol. The maximum Gasteiger partial charge on any atom is 0.213 e. The molecule has 7 aromatic carbocycles. The van der Waals surface area contributed by atoms with E-state index in [2.05, 4.69) is 155 Å². The highest BCUT2D eigenvalue weighted by Gasteiger charge is 2.21. The van der Waals surface area contributed by atoms with Crippen LogP contribution >= 0.6 is 0 Å². The molecule has 0 fully saturated rings. The Hall–Kier alpha value is -5.80. The van der Waals surface area contributed by atoms with Crippen molar-refractivity contribution < 1.29 is 4.42 Å². The van der Waals surface area contributed by atoms with Gasteiger partial charge in [0.1, 0.15) is 0 Å². The van der Waals surface area contributed by atoms with E-state index in [-0.39, 0.29) is 0 Å². The van der Waals surface area contributed by atoms with E-state index in [1.807, 2.05) is 12.1 Å². The molecule has 0 N–H and O–H groups in total. The Kier molecular flexibility index (Phi) is 5.20. The Morgan fingerprint density at radius 3 is 1.65 bits per heavy atom. The molecule has 0 radical (unpaired) electrons. The third-order valence-corrected chi connectivity index (χ3v) is 8.57. The molecular weight excluding hydrogens is 524 g/mol. The van der Waals surface area contributed by atoms with Crippen molar-refractivity contribution in [2.24, 2.45) is 0 Å². The summed E-state index contributed by atoms with van der Waals surface area (Å²) in [6.45, 7) is 0. The van der Waals surface area contributed by atoms with Gasteiger partial charge < -0.3 is 9.32 Å². The number of fused-ring (bicyclic) bond motifs is 7. The fraction of sp³-hybridized carbons (Fsp3) is 0. The van der Waals surface area contributed by atoms with E-state index in [1.165, 1.54) is 26.9 Å². The van der Waals surface area contributed by atoms with Gasteiger partial charge in [0, 0.05) is 21.8 Å². The fourth-order valence-electron chi connectivity index (χ4n) is 6.66. The van der Waals surface area contributed by atoms with Crippen LogP contribution in [0.4, 0.5) is 17.1 Å². The predicted molar refractivity (Wildman–Crippen MR) is 180 cm³/mol. The highest BCUT2D eigenvalue weighted by atomic mass is 16.3. The SMILES string of the molecule is c1ccc2c(N(c3ccc(-c4c5ccccc5n5c4oc4ccccc45)cc3)c3cccc4ccccc34)cccc2c1. The standard InChI is InChI=1S/C40H26N2O/c1-3-15-31-27(11-1)13-9-20-34(31)41(35-21-10-14-28-12-2-4-16-32(28)35)30-25-23-29(24-26-30)39-33-17-5-6-18-36(33)42-37-19-7-8-22-38(37)43-40(39)42/h1-26H. The molecule has 0 spiro atoms. The lowest BCUT2D eigenvalue weighted by atomic mass is 10.0. The Morgan fingerprint density at radius 1 is 0.442 bits per heavy atom. The van der Waals surface area contributed by atoms with Crippen molar-refractivity contribution in [3.63, 3.8) is 0 Å². The first-order valence-electron chi connectivity index (χ1n) is 14.6. The topological polar surface area (TPSA) is 20.8 Å². The number of oxazole rings is 1. The van der Waals surface area contributed by atoms with Crippen molar-refractivity contribution in [3.8, 4) is 11.1 Å². The summed E-state index contributed by atoms with van der Waals surface area (Å²) >= 11 is 0. The summed E-state index contributed by atoms with van der Waals surface area (Å²) in [5.74, 6) is 0. The minimum Gasteiger partial charge on any atom is -0.438 e. The van der Waals surface area contributed by atoms with Gasteiger partial charge in [-0.05, 0) is 58.8 Å². The summed E-state index contributed by atoms with van der Waals surface area (Å²) in [6, 6.07) is 56.1. The van der Waals surface area contributed by atoms with Crippen LogP contribution in [0.25, 0.3) is 60.4 Å². The summed E-state index contributed by atoms with van der Waals surface area (Å²) in [7, 11) is 0. The lowest BCUT2D eigenvalue weighted by Crippen LogP contribution is -2.11. The first-order chi connectivity index (χ1) is 21.3. The number of para-hydroxylation sites is 3. The first-order valence-corrected chi connectivity index (χ1v) is 14.6. The van der Waals surface area contributed by atoms with E-state index >= 15 is 0 Å². The molecule has 0 amide bonds. The first kappa shape index (κ1) is 23.9. The van der Waals surface area contributed by atoms with Crippen LogP contribution in [0.2, 0.25) is 0 Å². The molecule has 2 aromatic heterocycles. The van der Waals surface area contributed by atoms with Crippen LogP contribution in [0, 0.1) is 0 Å². The second kappa shape index (κ2) is 9.37. The summed E-state index contributed by atoms with van der Waals surface area (Å²) in [5.41, 5.74) is 9.62. The summed E-state index contributed by atoms with van der Waals surface area (Å²) in [5, 5.41) is 6.04. The quantitative estimate of drug-likeness (QED) is 0.217. The monoisotopic (exact) mass is 550 g/mol. The molecule has 0 aliphatic carbocycles. The molecule has 43 heavy (non-hydrogen) atoms. The summed E-state index contributed by atoms with van der Waals surface area (Å²) < 4.78 is 8.73. The second-order valence-electron chi connectivity index (χ2n) is 11.0. The highest BCUT2D eigenvalue weighted by Crippen LogP contribution is 2.44. The van der Waals surface area contributed by atoms with Crippen molar-refractivity contribution in [3.05, 3.63) is 158 Å². The van der Waals surface area contributed by atoms with Crippen molar-refractivity contribution in [2.75, 3.05) is 4.90 Å². The lowest BCUT2D eigenvalue weighted by Gasteiger charge is -2.28. The molecule has 3 heteroatoms. The van der Waals surface area contributed by atoms with Gasteiger partial charge >= 0.3 is 0 Å². The maximum absolute atomic E-state index is 6.49. The second-order valence-corrected chi connectivity index (χ2v) is 11.0. The van der Waals surface area contributed by atoms with Crippen molar-refractivity contribution in [2.45, 2.75) is 0 Å². The molecule has 0 saturated heterocycles.